The highest BCUT2D eigenvalue weighted by molar-refractivity contribution is 9.10. The van der Waals surface area contributed by atoms with E-state index >= 15 is 0 Å². The summed E-state index contributed by atoms with van der Waals surface area (Å²) in [6.45, 7) is 4.53. The zero-order chi connectivity index (χ0) is 14.7. The van der Waals surface area contributed by atoms with Crippen molar-refractivity contribution in [2.75, 3.05) is 6.61 Å². The van der Waals surface area contributed by atoms with Crippen molar-refractivity contribution in [2.24, 2.45) is 0 Å². The number of halogens is 3. The van der Waals surface area contributed by atoms with Crippen LogP contribution in [-0.4, -0.2) is 6.61 Å². The van der Waals surface area contributed by atoms with Crippen molar-refractivity contribution >= 4 is 31.9 Å². The second kappa shape index (κ2) is 6.72. The van der Waals surface area contributed by atoms with Crippen molar-refractivity contribution in [3.05, 3.63) is 63.4 Å². The Morgan fingerprint density at radius 3 is 2.65 bits per heavy atom. The van der Waals surface area contributed by atoms with Gasteiger partial charge in [-0.1, -0.05) is 45.8 Å². The summed E-state index contributed by atoms with van der Waals surface area (Å²) in [5, 5.41) is 0. The summed E-state index contributed by atoms with van der Waals surface area (Å²) in [5.74, 6) is 0.526. The van der Waals surface area contributed by atoms with Crippen molar-refractivity contribution in [3.8, 4) is 5.75 Å². The van der Waals surface area contributed by atoms with Gasteiger partial charge in [0.25, 0.3) is 0 Å². The molecule has 0 aromatic heterocycles. The minimum Gasteiger partial charge on any atom is -0.494 e. The molecule has 2 rings (SSSR count). The Kier molecular flexibility index (Phi) is 5.22. The molecule has 0 aliphatic rings. The Morgan fingerprint density at radius 2 is 1.95 bits per heavy atom. The van der Waals surface area contributed by atoms with Crippen molar-refractivity contribution in [2.45, 2.75) is 18.7 Å². The highest BCUT2D eigenvalue weighted by atomic mass is 79.9. The molecule has 1 atom stereocenters. The molecule has 20 heavy (non-hydrogen) atoms. The molecule has 0 aliphatic heterocycles. The third-order valence-electron chi connectivity index (χ3n) is 2.99. The number of hydrogen-bond acceptors (Lipinski definition) is 1. The number of hydrogen-bond donors (Lipinski definition) is 0. The van der Waals surface area contributed by atoms with Gasteiger partial charge in [0.2, 0.25) is 0 Å². The van der Waals surface area contributed by atoms with E-state index in [0.717, 1.165) is 16.9 Å². The van der Waals surface area contributed by atoms with E-state index in [4.69, 9.17) is 4.74 Å². The standard InChI is InChI=1S/C16H15Br2FO/c1-3-20-14-8-7-10(2)9-12(14)15(18)11-5-4-6-13(17)16(11)19/h4-9,15H,3H2,1-2H3. The van der Waals surface area contributed by atoms with Crippen LogP contribution < -0.4 is 4.74 Å². The Hall–Kier alpha value is -0.870. The number of ether oxygens (including phenoxy) is 1. The average molecular weight is 402 g/mol. The number of alkyl halides is 1. The van der Waals surface area contributed by atoms with Gasteiger partial charge in [0.05, 0.1) is 15.9 Å². The first-order valence-electron chi connectivity index (χ1n) is 6.36. The average Bonchev–Trinajstić information content (AvgIpc) is 2.43. The zero-order valence-corrected chi connectivity index (χ0v) is 14.5. The molecule has 0 saturated carbocycles. The first-order chi connectivity index (χ1) is 9.54. The molecule has 106 valence electrons. The molecule has 0 heterocycles. The van der Waals surface area contributed by atoms with Crippen LogP contribution in [0.25, 0.3) is 0 Å². The molecule has 0 N–H and O–H groups in total. The van der Waals surface area contributed by atoms with Gasteiger partial charge in [0, 0.05) is 11.1 Å². The Labute approximate surface area is 135 Å². The number of aryl methyl sites for hydroxylation is 1. The van der Waals surface area contributed by atoms with Crippen molar-refractivity contribution in [3.63, 3.8) is 0 Å². The van der Waals surface area contributed by atoms with E-state index < -0.39 is 0 Å². The molecule has 1 nitrogen and oxygen atoms in total. The lowest BCUT2D eigenvalue weighted by Gasteiger charge is -2.17. The summed E-state index contributed by atoms with van der Waals surface area (Å²) in [4.78, 5) is -0.249. The van der Waals surface area contributed by atoms with Gasteiger partial charge in [0.15, 0.2) is 0 Å². The first kappa shape index (κ1) is 15.5. The molecule has 4 heteroatoms. The largest absolute Gasteiger partial charge is 0.494 e. The lowest BCUT2D eigenvalue weighted by molar-refractivity contribution is 0.337. The lowest BCUT2D eigenvalue weighted by Crippen LogP contribution is -2.02. The van der Waals surface area contributed by atoms with E-state index in [1.54, 1.807) is 12.1 Å². The third kappa shape index (κ3) is 3.23. The predicted octanol–water partition coefficient (Wildman–Crippen LogP) is 5.78. The van der Waals surface area contributed by atoms with E-state index in [0.29, 0.717) is 16.6 Å². The molecular formula is C16H15Br2FO. The van der Waals surface area contributed by atoms with Crippen LogP contribution in [0.4, 0.5) is 4.39 Å². The van der Waals surface area contributed by atoms with Gasteiger partial charge in [-0.25, -0.2) is 4.39 Å². The first-order valence-corrected chi connectivity index (χ1v) is 8.06. The summed E-state index contributed by atoms with van der Waals surface area (Å²) in [5.41, 5.74) is 2.64. The van der Waals surface area contributed by atoms with Gasteiger partial charge in [-0.05, 0) is 41.9 Å². The molecular weight excluding hydrogens is 387 g/mol. The summed E-state index contributed by atoms with van der Waals surface area (Å²) in [6.07, 6.45) is 0. The maximum atomic E-state index is 14.2. The van der Waals surface area contributed by atoms with E-state index in [2.05, 4.69) is 31.9 Å². The molecule has 0 aliphatic carbocycles. The van der Waals surface area contributed by atoms with Crippen molar-refractivity contribution in [1.82, 2.24) is 0 Å². The molecule has 1 unspecified atom stereocenters. The highest BCUT2D eigenvalue weighted by Gasteiger charge is 2.20. The predicted molar refractivity (Wildman–Crippen MR) is 87.2 cm³/mol. The van der Waals surface area contributed by atoms with E-state index in [1.165, 1.54) is 0 Å². The number of rotatable bonds is 4. The van der Waals surface area contributed by atoms with Crippen LogP contribution in [0.1, 0.15) is 28.4 Å². The van der Waals surface area contributed by atoms with Gasteiger partial charge >= 0.3 is 0 Å². The van der Waals surface area contributed by atoms with Crippen molar-refractivity contribution < 1.29 is 9.13 Å². The maximum absolute atomic E-state index is 14.2. The molecule has 0 saturated heterocycles. The van der Waals surface area contributed by atoms with E-state index in [9.17, 15) is 4.39 Å². The Morgan fingerprint density at radius 1 is 1.20 bits per heavy atom. The molecule has 0 fully saturated rings. The van der Waals surface area contributed by atoms with Crippen LogP contribution >= 0.6 is 31.9 Å². The van der Waals surface area contributed by atoms with E-state index in [-0.39, 0.29) is 10.6 Å². The van der Waals surface area contributed by atoms with Gasteiger partial charge in [0.1, 0.15) is 11.6 Å². The van der Waals surface area contributed by atoms with Crippen LogP contribution in [0.15, 0.2) is 40.9 Å². The van der Waals surface area contributed by atoms with Crippen LogP contribution in [0, 0.1) is 12.7 Å². The van der Waals surface area contributed by atoms with Gasteiger partial charge in [-0.3, -0.25) is 0 Å². The fraction of sp³-hybridized carbons (Fsp3) is 0.250. The summed E-state index contributed by atoms with van der Waals surface area (Å²) >= 11 is 6.82. The van der Waals surface area contributed by atoms with Gasteiger partial charge in [-0.15, -0.1) is 0 Å². The van der Waals surface area contributed by atoms with Crippen LogP contribution in [0.2, 0.25) is 0 Å². The smallest absolute Gasteiger partial charge is 0.142 e. The molecule has 2 aromatic rings. The summed E-state index contributed by atoms with van der Waals surface area (Å²) in [7, 11) is 0. The zero-order valence-electron chi connectivity index (χ0n) is 11.3. The minimum atomic E-state index is -0.252. The molecule has 0 amide bonds. The quantitative estimate of drug-likeness (QED) is 0.590. The SMILES string of the molecule is CCOc1ccc(C)cc1C(Br)c1cccc(Br)c1F. The summed E-state index contributed by atoms with van der Waals surface area (Å²) in [6, 6.07) is 11.2. The molecule has 2 aromatic carbocycles. The second-order valence-corrected chi connectivity index (χ2v) is 6.25. The van der Waals surface area contributed by atoms with Crippen molar-refractivity contribution in [1.29, 1.82) is 0 Å². The fourth-order valence-electron chi connectivity index (χ4n) is 2.04. The van der Waals surface area contributed by atoms with E-state index in [1.807, 2.05) is 38.1 Å². The summed E-state index contributed by atoms with van der Waals surface area (Å²) < 4.78 is 20.3. The minimum absolute atomic E-state index is 0.249. The van der Waals surface area contributed by atoms with Crippen LogP contribution in [-0.2, 0) is 0 Å². The Bertz CT molecular complexity index is 613. The second-order valence-electron chi connectivity index (χ2n) is 4.48. The fourth-order valence-corrected chi connectivity index (χ4v) is 3.13. The monoisotopic (exact) mass is 400 g/mol. The number of benzene rings is 2. The molecule has 0 spiro atoms. The van der Waals surface area contributed by atoms with Crippen LogP contribution in [0.3, 0.4) is 0 Å². The van der Waals surface area contributed by atoms with Gasteiger partial charge < -0.3 is 4.74 Å². The topological polar surface area (TPSA) is 9.23 Å². The normalized spacial score (nSPS) is 12.2. The van der Waals surface area contributed by atoms with Crippen LogP contribution in [0.5, 0.6) is 5.75 Å². The Balaban J connectivity index is 2.49. The third-order valence-corrected chi connectivity index (χ3v) is 4.59. The maximum Gasteiger partial charge on any atom is 0.142 e. The molecule has 0 radical (unpaired) electrons. The lowest BCUT2D eigenvalue weighted by atomic mass is 10.0. The van der Waals surface area contributed by atoms with Gasteiger partial charge in [-0.2, -0.15) is 0 Å². The highest BCUT2D eigenvalue weighted by Crippen LogP contribution is 2.39. The molecule has 0 bridgehead atoms.